The van der Waals surface area contributed by atoms with Gasteiger partial charge in [-0.15, -0.1) is 11.3 Å². The minimum atomic E-state index is 0.00945. The Hall–Kier alpha value is -1.64. The molecule has 1 aliphatic rings. The molecule has 1 aromatic heterocycles. The first-order chi connectivity index (χ1) is 9.81. The van der Waals surface area contributed by atoms with Gasteiger partial charge in [0.15, 0.2) is 0 Å². The van der Waals surface area contributed by atoms with E-state index in [1.807, 2.05) is 11.3 Å². The molecule has 1 heterocycles. The molecule has 20 heavy (non-hydrogen) atoms. The summed E-state index contributed by atoms with van der Waals surface area (Å²) in [6.45, 7) is 0. The monoisotopic (exact) mass is 279 g/mol. The predicted molar refractivity (Wildman–Crippen MR) is 86.3 cm³/mol. The highest BCUT2D eigenvalue weighted by Crippen LogP contribution is 2.35. The molecule has 1 nitrogen and oxygen atoms in total. The highest BCUT2D eigenvalue weighted by molar-refractivity contribution is 7.12. The van der Waals surface area contributed by atoms with E-state index in [1.165, 1.54) is 46.0 Å². The minimum Gasteiger partial charge on any atom is -0.320 e. The molecule has 2 aromatic carbocycles. The van der Waals surface area contributed by atoms with Crippen molar-refractivity contribution in [2.45, 2.75) is 25.3 Å². The number of aryl methyl sites for hydroxylation is 2. The van der Waals surface area contributed by atoms with Crippen molar-refractivity contribution < 1.29 is 0 Å². The van der Waals surface area contributed by atoms with Crippen LogP contribution in [-0.2, 0) is 12.8 Å². The van der Waals surface area contributed by atoms with Gasteiger partial charge in [0.25, 0.3) is 0 Å². The van der Waals surface area contributed by atoms with E-state index < -0.39 is 0 Å². The van der Waals surface area contributed by atoms with Gasteiger partial charge in [0.2, 0.25) is 0 Å². The third-order valence-electron chi connectivity index (χ3n) is 4.20. The van der Waals surface area contributed by atoms with Crippen LogP contribution in [0.25, 0.3) is 10.8 Å². The van der Waals surface area contributed by atoms with E-state index in [9.17, 15) is 0 Å². The molecule has 0 fully saturated rings. The van der Waals surface area contributed by atoms with Crippen LogP contribution in [0.4, 0.5) is 0 Å². The molecule has 1 aliphatic carbocycles. The highest BCUT2D eigenvalue weighted by atomic mass is 32.1. The third kappa shape index (κ3) is 1.96. The fourth-order valence-corrected chi connectivity index (χ4v) is 4.36. The Labute approximate surface area is 123 Å². The average molecular weight is 279 g/mol. The van der Waals surface area contributed by atoms with Crippen molar-refractivity contribution in [3.63, 3.8) is 0 Å². The summed E-state index contributed by atoms with van der Waals surface area (Å²) in [6.07, 6.45) is 3.79. The number of fused-ring (bicyclic) bond motifs is 2. The quantitative estimate of drug-likeness (QED) is 0.737. The molecular weight excluding hydrogens is 262 g/mol. The molecular formula is C18H17NS. The molecule has 1 atom stereocenters. The van der Waals surface area contributed by atoms with Crippen LogP contribution in [0.2, 0.25) is 0 Å². The molecule has 0 saturated carbocycles. The molecule has 2 N–H and O–H groups in total. The normalized spacial score (nSPS) is 15.4. The third-order valence-corrected chi connectivity index (χ3v) is 5.53. The summed E-state index contributed by atoms with van der Waals surface area (Å²) in [4.78, 5) is 2.86. The second-order valence-electron chi connectivity index (χ2n) is 5.53. The van der Waals surface area contributed by atoms with Crippen LogP contribution < -0.4 is 5.73 Å². The molecule has 0 saturated heterocycles. The number of nitrogens with two attached hydrogens (primary N) is 1. The van der Waals surface area contributed by atoms with Crippen LogP contribution in [0, 0.1) is 0 Å². The van der Waals surface area contributed by atoms with Crippen molar-refractivity contribution in [2.24, 2.45) is 5.73 Å². The lowest BCUT2D eigenvalue weighted by Crippen LogP contribution is -2.10. The van der Waals surface area contributed by atoms with Crippen LogP contribution in [0.1, 0.15) is 33.3 Å². The Bertz CT molecular complexity index is 750. The summed E-state index contributed by atoms with van der Waals surface area (Å²) in [6, 6.07) is 17.4. The van der Waals surface area contributed by atoms with E-state index in [-0.39, 0.29) is 6.04 Å². The first-order valence-electron chi connectivity index (χ1n) is 7.17. The summed E-state index contributed by atoms with van der Waals surface area (Å²) >= 11 is 1.91. The van der Waals surface area contributed by atoms with E-state index in [0.717, 1.165) is 0 Å². The zero-order valence-electron chi connectivity index (χ0n) is 11.3. The van der Waals surface area contributed by atoms with Crippen molar-refractivity contribution in [1.29, 1.82) is 0 Å². The van der Waals surface area contributed by atoms with Gasteiger partial charge >= 0.3 is 0 Å². The highest BCUT2D eigenvalue weighted by Gasteiger charge is 2.19. The largest absolute Gasteiger partial charge is 0.320 e. The predicted octanol–water partition coefficient (Wildman–Crippen LogP) is 4.44. The lowest BCUT2D eigenvalue weighted by atomic mass is 10.0. The summed E-state index contributed by atoms with van der Waals surface area (Å²) in [5.41, 5.74) is 9.22. The summed E-state index contributed by atoms with van der Waals surface area (Å²) in [5.74, 6) is 0. The number of rotatable bonds is 2. The topological polar surface area (TPSA) is 26.0 Å². The van der Waals surface area contributed by atoms with Crippen LogP contribution >= 0.6 is 11.3 Å². The van der Waals surface area contributed by atoms with Crippen molar-refractivity contribution in [3.05, 3.63) is 69.4 Å². The van der Waals surface area contributed by atoms with E-state index in [1.54, 1.807) is 4.88 Å². The molecule has 0 bridgehead atoms. The van der Waals surface area contributed by atoms with E-state index in [2.05, 4.69) is 48.5 Å². The zero-order chi connectivity index (χ0) is 13.5. The summed E-state index contributed by atoms with van der Waals surface area (Å²) < 4.78 is 0. The lowest BCUT2D eigenvalue weighted by molar-refractivity contribution is 0.883. The number of thiophene rings is 1. The maximum atomic E-state index is 6.48. The molecule has 2 heteroatoms. The fourth-order valence-electron chi connectivity index (χ4n) is 3.07. The maximum absolute atomic E-state index is 6.48. The van der Waals surface area contributed by atoms with Crippen LogP contribution in [-0.4, -0.2) is 0 Å². The van der Waals surface area contributed by atoms with Gasteiger partial charge in [0.05, 0.1) is 6.04 Å². The number of hydrogen-bond donors (Lipinski definition) is 1. The summed E-state index contributed by atoms with van der Waals surface area (Å²) in [7, 11) is 0. The van der Waals surface area contributed by atoms with Crippen LogP contribution in [0.5, 0.6) is 0 Å². The Morgan fingerprint density at radius 2 is 1.80 bits per heavy atom. The van der Waals surface area contributed by atoms with Gasteiger partial charge in [-0.1, -0.05) is 36.4 Å². The smallest absolute Gasteiger partial charge is 0.0646 e. The van der Waals surface area contributed by atoms with Gasteiger partial charge in [0, 0.05) is 9.75 Å². The average Bonchev–Trinajstić information content (AvgIpc) is 3.07. The molecule has 0 aliphatic heterocycles. The van der Waals surface area contributed by atoms with Gasteiger partial charge in [-0.05, 0) is 53.3 Å². The molecule has 0 spiro atoms. The van der Waals surface area contributed by atoms with Crippen molar-refractivity contribution >= 4 is 22.1 Å². The molecule has 1 unspecified atom stereocenters. The first kappa shape index (κ1) is 12.1. The zero-order valence-corrected chi connectivity index (χ0v) is 12.1. The van der Waals surface area contributed by atoms with E-state index in [0.29, 0.717) is 0 Å². The standard InChI is InChI=1S/C18H17NS/c19-18(17-11-14-6-3-7-16(14)20-17)15-9-8-12-4-1-2-5-13(12)10-15/h1-2,4-5,8-11,18H,3,6-7,19H2. The number of benzene rings is 2. The van der Waals surface area contributed by atoms with Crippen molar-refractivity contribution in [1.82, 2.24) is 0 Å². The Morgan fingerprint density at radius 1 is 0.950 bits per heavy atom. The summed E-state index contributed by atoms with van der Waals surface area (Å²) in [5, 5.41) is 2.54. The van der Waals surface area contributed by atoms with Crippen LogP contribution in [0.3, 0.4) is 0 Å². The Kier molecular flexibility index (Phi) is 2.86. The second kappa shape index (κ2) is 4.72. The van der Waals surface area contributed by atoms with Crippen molar-refractivity contribution in [3.8, 4) is 0 Å². The van der Waals surface area contributed by atoms with Crippen LogP contribution in [0.15, 0.2) is 48.5 Å². The molecule has 4 rings (SSSR count). The van der Waals surface area contributed by atoms with Gasteiger partial charge in [0.1, 0.15) is 0 Å². The molecule has 3 aromatic rings. The SMILES string of the molecule is NC(c1ccc2ccccc2c1)c1cc2c(s1)CCC2. The van der Waals surface area contributed by atoms with Gasteiger partial charge in [-0.3, -0.25) is 0 Å². The minimum absolute atomic E-state index is 0.00945. The Morgan fingerprint density at radius 3 is 2.65 bits per heavy atom. The molecule has 0 radical (unpaired) electrons. The van der Waals surface area contributed by atoms with E-state index in [4.69, 9.17) is 5.73 Å². The fraction of sp³-hybridized carbons (Fsp3) is 0.222. The Balaban J connectivity index is 1.73. The van der Waals surface area contributed by atoms with Gasteiger partial charge in [-0.2, -0.15) is 0 Å². The molecule has 0 amide bonds. The first-order valence-corrected chi connectivity index (χ1v) is 7.99. The van der Waals surface area contributed by atoms with Gasteiger partial charge in [-0.25, -0.2) is 0 Å². The van der Waals surface area contributed by atoms with Gasteiger partial charge < -0.3 is 5.73 Å². The lowest BCUT2D eigenvalue weighted by Gasteiger charge is -2.11. The second-order valence-corrected chi connectivity index (χ2v) is 6.70. The molecule has 100 valence electrons. The van der Waals surface area contributed by atoms with Crippen molar-refractivity contribution in [2.75, 3.05) is 0 Å². The maximum Gasteiger partial charge on any atom is 0.0646 e. The number of hydrogen-bond acceptors (Lipinski definition) is 2. The van der Waals surface area contributed by atoms with E-state index >= 15 is 0 Å².